The molecule has 21 heavy (non-hydrogen) atoms. The summed E-state index contributed by atoms with van der Waals surface area (Å²) < 4.78 is 0. The maximum absolute atomic E-state index is 7.75. The Morgan fingerprint density at radius 1 is 0.476 bits per heavy atom. The molecule has 0 aromatic heterocycles. The van der Waals surface area contributed by atoms with Crippen LogP contribution in [0.25, 0.3) is 0 Å². The molecule has 0 saturated carbocycles. The molecule has 0 amide bonds. The number of rotatable bonds is 6. The smallest absolute Gasteiger partial charge is 0.545 e. The van der Waals surface area contributed by atoms with Crippen LogP contribution in [0.15, 0.2) is 0 Å². The Morgan fingerprint density at radius 3 is 0.619 bits per heavy atom. The average Bonchev–Trinajstić information content (AvgIpc) is 2.39. The van der Waals surface area contributed by atoms with Gasteiger partial charge in [-0.2, -0.15) is 0 Å². The van der Waals surface area contributed by atoms with E-state index in [0.29, 0.717) is 0 Å². The zero-order chi connectivity index (χ0) is 17.1. The Labute approximate surface area is 153 Å². The molecule has 0 heterocycles. The summed E-state index contributed by atoms with van der Waals surface area (Å²) in [5, 5.41) is 0. The van der Waals surface area contributed by atoms with Gasteiger partial charge in [0.2, 0.25) is 0 Å². The second-order valence-electron chi connectivity index (χ2n) is 5.83. The quantitative estimate of drug-likeness (QED) is 0.265. The molecular weight excluding hydrogens is 420 g/mol. The number of hydrogen-bond donors (Lipinski definition) is 0. The molecule has 128 valence electrons. The molecule has 0 aliphatic carbocycles. The van der Waals surface area contributed by atoms with E-state index >= 15 is 0 Å². The molecule has 0 aromatic rings. The molecule has 0 aliphatic heterocycles. The van der Waals surface area contributed by atoms with Crippen molar-refractivity contribution in [2.75, 3.05) is 78.0 Å². The van der Waals surface area contributed by atoms with E-state index in [1.54, 1.807) is 0 Å². The van der Waals surface area contributed by atoms with Crippen molar-refractivity contribution in [3.8, 4) is 0 Å². The van der Waals surface area contributed by atoms with Gasteiger partial charge in [0.15, 0.2) is 0 Å². The van der Waals surface area contributed by atoms with Gasteiger partial charge in [0.05, 0.1) is 24.6 Å². The van der Waals surface area contributed by atoms with Crippen LogP contribution >= 0.6 is 31.7 Å². The molecular formula is C14H38MoO2P4+4. The largest absolute Gasteiger partial charge is 2.00 e. The first-order valence-electron chi connectivity index (χ1n) is 6.89. The Kier molecular flexibility index (Phi) is 48.3. The summed E-state index contributed by atoms with van der Waals surface area (Å²) in [5.74, 6) is 0. The van der Waals surface area contributed by atoms with Crippen molar-refractivity contribution in [1.82, 2.24) is 0 Å². The first-order valence-corrected chi connectivity index (χ1v) is 17.7. The molecule has 0 unspecified atom stereocenters. The van der Waals surface area contributed by atoms with E-state index in [0.717, 1.165) is 0 Å². The van der Waals surface area contributed by atoms with Gasteiger partial charge in [-0.25, -0.2) is 0 Å². The van der Waals surface area contributed by atoms with Gasteiger partial charge in [0, 0.05) is 53.3 Å². The van der Waals surface area contributed by atoms with Crippen molar-refractivity contribution < 1.29 is 30.7 Å². The monoisotopic (exact) mass is 460 g/mol. The van der Waals surface area contributed by atoms with Crippen LogP contribution in [-0.2, 0) is 30.7 Å². The normalized spacial score (nSPS) is 8.95. The number of carbonyl (C=O) groups excluding carboxylic acids is 2. The van der Waals surface area contributed by atoms with E-state index in [2.05, 4.69) is 66.9 Å². The topological polar surface area (TPSA) is 34.1 Å². The zero-order valence-corrected chi connectivity index (χ0v) is 21.2. The van der Waals surface area contributed by atoms with Gasteiger partial charge in [0.1, 0.15) is 0 Å². The molecule has 0 radical (unpaired) electrons. The molecule has 0 aliphatic rings. The third-order valence-corrected chi connectivity index (χ3v) is 8.25. The molecule has 7 heteroatoms. The van der Waals surface area contributed by atoms with Crippen LogP contribution in [0.3, 0.4) is 0 Å². The van der Waals surface area contributed by atoms with Crippen molar-refractivity contribution in [1.29, 1.82) is 0 Å². The number of hydrogen-bond acceptors (Lipinski definition) is 2. The van der Waals surface area contributed by atoms with Crippen LogP contribution in [0.2, 0.25) is 0 Å². The Morgan fingerprint density at radius 2 is 0.571 bits per heavy atom. The fraction of sp³-hybridized carbons (Fsp3) is 0.857. The summed E-state index contributed by atoms with van der Waals surface area (Å²) in [6.45, 7) is 25.7. The van der Waals surface area contributed by atoms with E-state index < -0.39 is 0 Å². The standard InChI is InChI=1S/2C6H16P2.2CHO.Mo/c2*1-7(2)5-6-8(3)4;2*1-2;/h2*5-6H2,1-4H3;2*1H;/q;;2*-1;+2/p+4. The average molecular weight is 458 g/mol. The van der Waals surface area contributed by atoms with Crippen LogP contribution < -0.4 is 0 Å². The molecule has 0 N–H and O–H groups in total. The summed E-state index contributed by atoms with van der Waals surface area (Å²) >= 11 is 0. The molecule has 0 fully saturated rings. The first-order chi connectivity index (χ1) is 9.25. The van der Waals surface area contributed by atoms with Crippen molar-refractivity contribution in [2.45, 2.75) is 0 Å². The summed E-state index contributed by atoms with van der Waals surface area (Å²) in [4.78, 5) is 15.5. The van der Waals surface area contributed by atoms with Gasteiger partial charge in [-0.3, -0.25) is 13.6 Å². The molecule has 0 spiro atoms. The molecule has 0 aromatic carbocycles. The van der Waals surface area contributed by atoms with E-state index in [1.165, 1.54) is 24.6 Å². The SMILES string of the molecule is C[PH+](C)CC[PH+](C)C.C[PH+](C)CC[PH+](C)C.[CH-]=O.[CH-]=O.[Mo+2]. The minimum atomic E-state index is 0. The second kappa shape index (κ2) is 29.7. The van der Waals surface area contributed by atoms with E-state index in [1.807, 2.05) is 0 Å². The summed E-state index contributed by atoms with van der Waals surface area (Å²) in [5.41, 5.74) is 0. The van der Waals surface area contributed by atoms with Crippen molar-refractivity contribution >= 4 is 45.3 Å². The maximum atomic E-state index is 7.75. The molecule has 0 rings (SSSR count). The summed E-state index contributed by atoms with van der Waals surface area (Å²) in [6.07, 6.45) is 6.13. The van der Waals surface area contributed by atoms with E-state index in [4.69, 9.17) is 9.59 Å². The molecule has 2 nitrogen and oxygen atoms in total. The van der Waals surface area contributed by atoms with Gasteiger partial charge in [-0.15, -0.1) is 0 Å². The predicted molar refractivity (Wildman–Crippen MR) is 114 cm³/mol. The second-order valence-corrected chi connectivity index (χ2v) is 17.5. The maximum Gasteiger partial charge on any atom is 2.00 e. The van der Waals surface area contributed by atoms with Crippen LogP contribution in [0.5, 0.6) is 0 Å². The molecule has 0 atom stereocenters. The van der Waals surface area contributed by atoms with E-state index in [9.17, 15) is 0 Å². The van der Waals surface area contributed by atoms with Gasteiger partial charge in [-0.1, -0.05) is 0 Å². The Balaban J connectivity index is -0.0000000630. The third kappa shape index (κ3) is 61.5. The first kappa shape index (κ1) is 34.2. The summed E-state index contributed by atoms with van der Waals surface area (Å²) in [6, 6.07) is 0. The van der Waals surface area contributed by atoms with Gasteiger partial charge >= 0.3 is 21.1 Å². The molecule has 0 bridgehead atoms. The third-order valence-electron chi connectivity index (χ3n) is 2.25. The van der Waals surface area contributed by atoms with Crippen LogP contribution in [-0.4, -0.2) is 91.5 Å². The van der Waals surface area contributed by atoms with Gasteiger partial charge in [-0.05, 0) is 31.7 Å². The van der Waals surface area contributed by atoms with Crippen molar-refractivity contribution in [2.24, 2.45) is 0 Å². The zero-order valence-electron chi connectivity index (χ0n) is 15.2. The fourth-order valence-corrected chi connectivity index (χ4v) is 9.00. The van der Waals surface area contributed by atoms with Crippen LogP contribution in [0.1, 0.15) is 0 Å². The van der Waals surface area contributed by atoms with Gasteiger partial charge in [0.25, 0.3) is 0 Å². The van der Waals surface area contributed by atoms with Crippen molar-refractivity contribution in [3.05, 3.63) is 0 Å². The Hall–Kier alpha value is 1.75. The minimum Gasteiger partial charge on any atom is -0.545 e. The predicted octanol–water partition coefficient (Wildman–Crippen LogP) is 3.32. The molecule has 0 saturated heterocycles. The fourth-order valence-electron chi connectivity index (χ4n) is 1.000. The van der Waals surface area contributed by atoms with Crippen LogP contribution in [0.4, 0.5) is 0 Å². The van der Waals surface area contributed by atoms with E-state index in [-0.39, 0.29) is 52.8 Å². The van der Waals surface area contributed by atoms with Crippen molar-refractivity contribution in [3.63, 3.8) is 0 Å². The van der Waals surface area contributed by atoms with Gasteiger partial charge < -0.3 is 9.59 Å². The summed E-state index contributed by atoms with van der Waals surface area (Å²) in [7, 11) is 0.383. The Bertz CT molecular complexity index is 137. The minimum absolute atomic E-state index is 0. The van der Waals surface area contributed by atoms with Crippen LogP contribution in [0, 0.1) is 0 Å².